The summed E-state index contributed by atoms with van der Waals surface area (Å²) in [5.74, 6) is 2.87. The molecule has 450 valence electrons. The van der Waals surface area contributed by atoms with E-state index in [0.29, 0.717) is 17.8 Å². The summed E-state index contributed by atoms with van der Waals surface area (Å²) in [4.78, 5) is 2.49. The van der Waals surface area contributed by atoms with Gasteiger partial charge in [0.2, 0.25) is 0 Å². The smallest absolute Gasteiger partial charge is 0.127 e. The van der Waals surface area contributed by atoms with Gasteiger partial charge in [-0.25, -0.2) is 0 Å². The highest BCUT2D eigenvalue weighted by molar-refractivity contribution is 5.92. The van der Waals surface area contributed by atoms with E-state index in [0.717, 1.165) is 41.4 Å². The third-order valence-electron chi connectivity index (χ3n) is 20.9. The molecule has 0 N–H and O–H groups in total. The van der Waals surface area contributed by atoms with Crippen LogP contribution in [-0.4, -0.2) is 0 Å². The van der Waals surface area contributed by atoms with Gasteiger partial charge in [-0.2, -0.15) is 0 Å². The lowest BCUT2D eigenvalue weighted by Gasteiger charge is -2.36. The largest absolute Gasteiger partial charge is 0.457 e. The van der Waals surface area contributed by atoms with E-state index < -0.39 is 10.8 Å². The molecule has 3 aliphatic carbocycles. The Morgan fingerprint density at radius 2 is 0.742 bits per heavy atom. The molecular formula is C91H75NO. The highest BCUT2D eigenvalue weighted by Crippen LogP contribution is 2.60. The molecule has 3 atom stereocenters. The SMILES string of the molecule is CCC(CC(C)c1ccc(Oc2ccc(C3(c4ccc(C(C)C)cc4)c4ccccc4-c4ccc(N(c5ccc(-c6ccccc6)cc5)c5ccc6c(c5)C(c5ccccc5)(c5ccccc5)c5ccccc5-6)cc43)cc2)cc1)c1ccc(-c2ccc3c(c2)CC3)cc1. The summed E-state index contributed by atoms with van der Waals surface area (Å²) in [7, 11) is 0. The number of aryl methyl sites for hydroxylation is 2. The molecular weight excluding hydrogens is 1120 g/mol. The van der Waals surface area contributed by atoms with Crippen LogP contribution in [-0.2, 0) is 23.7 Å². The van der Waals surface area contributed by atoms with Gasteiger partial charge in [-0.3, -0.25) is 0 Å². The Morgan fingerprint density at radius 1 is 0.333 bits per heavy atom. The molecule has 0 fully saturated rings. The van der Waals surface area contributed by atoms with Crippen LogP contribution in [0.5, 0.6) is 11.5 Å². The molecule has 0 heterocycles. The van der Waals surface area contributed by atoms with Crippen molar-refractivity contribution in [2.24, 2.45) is 0 Å². The van der Waals surface area contributed by atoms with Gasteiger partial charge in [0.1, 0.15) is 11.5 Å². The van der Waals surface area contributed by atoms with E-state index in [-0.39, 0.29) is 0 Å². The maximum Gasteiger partial charge on any atom is 0.127 e. The first-order chi connectivity index (χ1) is 45.8. The predicted octanol–water partition coefficient (Wildman–Crippen LogP) is 23.9. The average molecular weight is 1200 g/mol. The van der Waals surface area contributed by atoms with Crippen LogP contribution in [0.2, 0.25) is 0 Å². The normalized spacial score (nSPS) is 15.2. The van der Waals surface area contributed by atoms with Crippen LogP contribution in [0.1, 0.15) is 131 Å². The van der Waals surface area contributed by atoms with Gasteiger partial charge >= 0.3 is 0 Å². The van der Waals surface area contributed by atoms with Crippen molar-refractivity contribution in [3.63, 3.8) is 0 Å². The van der Waals surface area contributed by atoms with Crippen molar-refractivity contribution in [1.82, 2.24) is 0 Å². The first-order valence-electron chi connectivity index (χ1n) is 33.5. The lowest BCUT2D eigenvalue weighted by molar-refractivity contribution is 0.481. The fourth-order valence-electron chi connectivity index (χ4n) is 16.0. The number of rotatable bonds is 17. The monoisotopic (exact) mass is 1200 g/mol. The molecule has 0 bridgehead atoms. The molecule has 0 saturated carbocycles. The maximum absolute atomic E-state index is 6.79. The van der Waals surface area contributed by atoms with Crippen LogP contribution < -0.4 is 9.64 Å². The zero-order valence-electron chi connectivity index (χ0n) is 53.4. The zero-order valence-corrected chi connectivity index (χ0v) is 53.4. The number of benzene rings is 13. The summed E-state index contributed by atoms with van der Waals surface area (Å²) >= 11 is 0. The summed E-state index contributed by atoms with van der Waals surface area (Å²) < 4.78 is 6.79. The highest BCUT2D eigenvalue weighted by atomic mass is 16.5. The fourth-order valence-corrected chi connectivity index (χ4v) is 16.0. The molecule has 16 rings (SSSR count). The third kappa shape index (κ3) is 9.94. The zero-order chi connectivity index (χ0) is 62.6. The second kappa shape index (κ2) is 23.9. The van der Waals surface area contributed by atoms with Gasteiger partial charge in [0.05, 0.1) is 10.8 Å². The van der Waals surface area contributed by atoms with E-state index in [9.17, 15) is 0 Å². The lowest BCUT2D eigenvalue weighted by atomic mass is 9.67. The van der Waals surface area contributed by atoms with E-state index in [4.69, 9.17) is 4.74 Å². The first-order valence-corrected chi connectivity index (χ1v) is 33.5. The summed E-state index contributed by atoms with van der Waals surface area (Å²) in [6.45, 7) is 9.26. The van der Waals surface area contributed by atoms with E-state index >= 15 is 0 Å². The Hall–Kier alpha value is -10.5. The van der Waals surface area contributed by atoms with Crippen LogP contribution in [0.25, 0.3) is 44.5 Å². The van der Waals surface area contributed by atoms with Crippen LogP contribution >= 0.6 is 0 Å². The standard InChI is InChI=1S/C91H75NO/c1-5-63(67-29-31-69(32-30-67)71-35-33-70-34-36-72(70)58-71)57-62(4)65-41-51-80(52-42-65)93-81-53-45-76(46-54-81)91(75-43-37-64(38-44-75)61(2)3)87-28-18-16-26-83(87)85-56-50-79(60-89(85)91)92(77-47-39-68(40-48-77)66-19-9-6-10-20-66)78-49-55-84-82-25-15-17-27-86(82)90(88(84)59-78,73-21-11-7-12-22-73)74-23-13-8-14-24-74/h6-33,35,37-56,58-63H,5,34,36,57H2,1-4H3. The van der Waals surface area contributed by atoms with Gasteiger partial charge in [0.25, 0.3) is 0 Å². The van der Waals surface area contributed by atoms with Crippen LogP contribution in [0, 0.1) is 0 Å². The van der Waals surface area contributed by atoms with Gasteiger partial charge in [-0.15, -0.1) is 0 Å². The Labute approximate surface area is 549 Å². The highest BCUT2D eigenvalue weighted by Gasteiger charge is 2.48. The molecule has 0 aliphatic heterocycles. The number of ether oxygens (including phenoxy) is 1. The number of hydrogen-bond donors (Lipinski definition) is 0. The first kappa shape index (κ1) is 57.6. The summed E-state index contributed by atoms with van der Waals surface area (Å²) in [6, 6.07) is 118. The molecule has 0 aromatic heterocycles. The fraction of sp³-hybridized carbons (Fsp3) is 0.143. The Balaban J connectivity index is 0.778. The molecule has 0 radical (unpaired) electrons. The molecule has 0 saturated heterocycles. The molecule has 0 amide bonds. The lowest BCUT2D eigenvalue weighted by Crippen LogP contribution is -2.29. The van der Waals surface area contributed by atoms with Crippen LogP contribution in [0.4, 0.5) is 17.1 Å². The van der Waals surface area contributed by atoms with Crippen molar-refractivity contribution in [2.75, 3.05) is 4.90 Å². The summed E-state index contributed by atoms with van der Waals surface area (Å²) in [6.07, 6.45) is 4.60. The van der Waals surface area contributed by atoms with Crippen molar-refractivity contribution in [1.29, 1.82) is 0 Å². The molecule has 93 heavy (non-hydrogen) atoms. The quantitative estimate of drug-likeness (QED) is 0.0901. The van der Waals surface area contributed by atoms with Gasteiger partial charge < -0.3 is 9.64 Å². The van der Waals surface area contributed by atoms with E-state index in [1.807, 2.05) is 0 Å². The second-order valence-electron chi connectivity index (χ2n) is 26.4. The maximum atomic E-state index is 6.79. The van der Waals surface area contributed by atoms with E-state index in [1.54, 1.807) is 0 Å². The molecule has 2 heteroatoms. The summed E-state index contributed by atoms with van der Waals surface area (Å²) in [5.41, 5.74) is 29.0. The number of hydrogen-bond acceptors (Lipinski definition) is 2. The number of anilines is 3. The van der Waals surface area contributed by atoms with Crippen LogP contribution in [0.15, 0.2) is 315 Å². The van der Waals surface area contributed by atoms with Gasteiger partial charge in [0, 0.05) is 17.1 Å². The molecule has 2 nitrogen and oxygen atoms in total. The minimum atomic E-state index is -0.688. The average Bonchev–Trinajstić information content (AvgIpc) is 1.55. The predicted molar refractivity (Wildman–Crippen MR) is 387 cm³/mol. The number of nitrogens with zero attached hydrogens (tertiary/aromatic N) is 1. The molecule has 3 unspecified atom stereocenters. The number of fused-ring (bicyclic) bond motifs is 7. The van der Waals surface area contributed by atoms with Gasteiger partial charge in [0.15, 0.2) is 0 Å². The second-order valence-corrected chi connectivity index (χ2v) is 26.4. The minimum absolute atomic E-state index is 0.385. The Kier molecular flexibility index (Phi) is 14.8. The summed E-state index contributed by atoms with van der Waals surface area (Å²) in [5, 5.41) is 0. The Morgan fingerprint density at radius 3 is 1.26 bits per heavy atom. The molecule has 13 aromatic rings. The van der Waals surface area contributed by atoms with Crippen molar-refractivity contribution >= 4 is 17.1 Å². The third-order valence-corrected chi connectivity index (χ3v) is 20.9. The van der Waals surface area contributed by atoms with Crippen LogP contribution in [0.3, 0.4) is 0 Å². The Bertz CT molecular complexity index is 4800. The molecule has 13 aromatic carbocycles. The van der Waals surface area contributed by atoms with Gasteiger partial charge in [-0.1, -0.05) is 282 Å². The molecule has 3 aliphatic rings. The van der Waals surface area contributed by atoms with E-state index in [2.05, 4.69) is 348 Å². The molecule has 0 spiro atoms. The van der Waals surface area contributed by atoms with Crippen molar-refractivity contribution in [3.05, 3.63) is 388 Å². The van der Waals surface area contributed by atoms with Crippen molar-refractivity contribution < 1.29 is 4.74 Å². The van der Waals surface area contributed by atoms with Crippen molar-refractivity contribution in [2.45, 2.75) is 82.0 Å². The van der Waals surface area contributed by atoms with Crippen molar-refractivity contribution in [3.8, 4) is 56.0 Å². The van der Waals surface area contributed by atoms with E-state index in [1.165, 1.54) is 130 Å². The minimum Gasteiger partial charge on any atom is -0.457 e. The topological polar surface area (TPSA) is 12.5 Å². The van der Waals surface area contributed by atoms with Gasteiger partial charge in [-0.05, 0) is 221 Å².